The molecule has 0 radical (unpaired) electrons. The monoisotopic (exact) mass is 259 g/mol. The van der Waals surface area contributed by atoms with Crippen molar-refractivity contribution in [1.82, 2.24) is 10.2 Å². The fraction of sp³-hybridized carbons (Fsp3) is 0. The Bertz CT molecular complexity index is 682. The minimum atomic E-state index is -1.28. The summed E-state index contributed by atoms with van der Waals surface area (Å²) in [5.74, 6) is -2.37. The first-order valence-electron chi connectivity index (χ1n) is 5.04. The van der Waals surface area contributed by atoms with Crippen LogP contribution < -0.4 is 4.74 Å². The Morgan fingerprint density at radius 3 is 2.89 bits per heavy atom. The molecule has 1 heterocycles. The molecule has 0 unspecified atom stereocenters. The van der Waals surface area contributed by atoms with Gasteiger partial charge in [0.1, 0.15) is 28.8 Å². The number of carbonyl (C=O) groups is 1. The maximum Gasteiger partial charge on any atom is 0.339 e. The van der Waals surface area contributed by atoms with E-state index in [0.29, 0.717) is 0 Å². The van der Waals surface area contributed by atoms with Gasteiger partial charge < -0.3 is 9.84 Å². The van der Waals surface area contributed by atoms with Crippen molar-refractivity contribution in [2.75, 3.05) is 0 Å². The van der Waals surface area contributed by atoms with E-state index in [0.717, 1.165) is 18.2 Å². The Labute approximate surface area is 106 Å². The number of carboxylic acid groups (broad SMARTS) is 1. The molecule has 0 aliphatic carbocycles. The summed E-state index contributed by atoms with van der Waals surface area (Å²) in [6.45, 7) is 0. The number of halogens is 1. The van der Waals surface area contributed by atoms with Crippen LogP contribution in [0.25, 0.3) is 0 Å². The van der Waals surface area contributed by atoms with E-state index in [9.17, 15) is 9.18 Å². The maximum absolute atomic E-state index is 13.1. The summed E-state index contributed by atoms with van der Waals surface area (Å²) in [6, 6.07) is 6.12. The average molecular weight is 259 g/mol. The van der Waals surface area contributed by atoms with Gasteiger partial charge in [-0.25, -0.2) is 9.18 Å². The molecule has 0 fully saturated rings. The van der Waals surface area contributed by atoms with Gasteiger partial charge in [0.2, 0.25) is 0 Å². The van der Waals surface area contributed by atoms with Crippen molar-refractivity contribution < 1.29 is 19.0 Å². The molecule has 94 valence electrons. The van der Waals surface area contributed by atoms with Gasteiger partial charge in [-0.1, -0.05) is 0 Å². The van der Waals surface area contributed by atoms with Crippen molar-refractivity contribution in [2.24, 2.45) is 0 Å². The minimum Gasteiger partial charge on any atom is -0.478 e. The number of ether oxygens (including phenoxy) is 1. The van der Waals surface area contributed by atoms with E-state index in [1.54, 1.807) is 0 Å². The summed E-state index contributed by atoms with van der Waals surface area (Å²) in [6.07, 6.45) is 1.29. The molecule has 0 saturated carbocycles. The molecule has 0 bridgehead atoms. The van der Waals surface area contributed by atoms with Crippen LogP contribution in [-0.2, 0) is 0 Å². The summed E-state index contributed by atoms with van der Waals surface area (Å²) in [5.41, 5.74) is -0.174. The highest BCUT2D eigenvalue weighted by Crippen LogP contribution is 2.26. The van der Waals surface area contributed by atoms with Gasteiger partial charge in [-0.05, 0) is 18.2 Å². The molecule has 0 aliphatic rings. The molecule has 0 amide bonds. The van der Waals surface area contributed by atoms with Crippen LogP contribution in [0.3, 0.4) is 0 Å². The van der Waals surface area contributed by atoms with E-state index in [2.05, 4.69) is 10.2 Å². The molecule has 6 nitrogen and oxygen atoms in total. The predicted molar refractivity (Wildman–Crippen MR) is 60.2 cm³/mol. The molecule has 0 saturated heterocycles. The topological polar surface area (TPSA) is 96.1 Å². The standard InChI is InChI=1S/C12H6FN3O3/c13-8-1-2-9(12(17)18)10(5-8)19-11-7(6-14)3-4-15-16-11/h1-5H,(H,17,18). The third-order valence-corrected chi connectivity index (χ3v) is 2.19. The maximum atomic E-state index is 13.1. The number of carboxylic acids is 1. The molecule has 1 N–H and O–H groups in total. The lowest BCUT2D eigenvalue weighted by Gasteiger charge is -2.08. The van der Waals surface area contributed by atoms with Gasteiger partial charge in [-0.3, -0.25) is 0 Å². The van der Waals surface area contributed by atoms with Crippen LogP contribution in [0.5, 0.6) is 11.6 Å². The second kappa shape index (κ2) is 5.10. The van der Waals surface area contributed by atoms with Crippen LogP contribution >= 0.6 is 0 Å². The Kier molecular flexibility index (Phi) is 3.34. The van der Waals surface area contributed by atoms with E-state index >= 15 is 0 Å². The SMILES string of the molecule is N#Cc1ccnnc1Oc1cc(F)ccc1C(=O)O. The van der Waals surface area contributed by atoms with E-state index < -0.39 is 11.8 Å². The Morgan fingerprint density at radius 2 is 2.21 bits per heavy atom. The third kappa shape index (κ3) is 2.63. The van der Waals surface area contributed by atoms with Crippen molar-refractivity contribution in [3.8, 4) is 17.7 Å². The lowest BCUT2D eigenvalue weighted by atomic mass is 10.2. The highest BCUT2D eigenvalue weighted by Gasteiger charge is 2.15. The zero-order valence-electron chi connectivity index (χ0n) is 9.37. The summed E-state index contributed by atoms with van der Waals surface area (Å²) < 4.78 is 18.3. The largest absolute Gasteiger partial charge is 0.478 e. The number of nitriles is 1. The second-order valence-electron chi connectivity index (χ2n) is 3.41. The molecule has 19 heavy (non-hydrogen) atoms. The molecule has 1 aromatic heterocycles. The number of nitrogens with zero attached hydrogens (tertiary/aromatic N) is 3. The summed E-state index contributed by atoms with van der Waals surface area (Å²) in [4.78, 5) is 11.0. The van der Waals surface area contributed by atoms with E-state index in [1.807, 2.05) is 6.07 Å². The number of aromatic nitrogens is 2. The van der Waals surface area contributed by atoms with Crippen molar-refractivity contribution in [3.05, 3.63) is 47.4 Å². The molecule has 7 heteroatoms. The smallest absolute Gasteiger partial charge is 0.339 e. The lowest BCUT2D eigenvalue weighted by molar-refractivity contribution is 0.0694. The van der Waals surface area contributed by atoms with Crippen molar-refractivity contribution in [2.45, 2.75) is 0 Å². The number of aromatic carboxylic acids is 1. The van der Waals surface area contributed by atoms with Gasteiger partial charge in [-0.15, -0.1) is 5.10 Å². The first-order valence-corrected chi connectivity index (χ1v) is 5.04. The van der Waals surface area contributed by atoms with Crippen LogP contribution in [0.1, 0.15) is 15.9 Å². The van der Waals surface area contributed by atoms with Gasteiger partial charge in [-0.2, -0.15) is 10.4 Å². The second-order valence-corrected chi connectivity index (χ2v) is 3.41. The normalized spacial score (nSPS) is 9.68. The summed E-state index contributed by atoms with van der Waals surface area (Å²) >= 11 is 0. The third-order valence-electron chi connectivity index (χ3n) is 2.19. The number of rotatable bonds is 3. The molecule has 0 aliphatic heterocycles. The number of benzene rings is 1. The zero-order chi connectivity index (χ0) is 13.8. The van der Waals surface area contributed by atoms with Crippen LogP contribution in [0.2, 0.25) is 0 Å². The van der Waals surface area contributed by atoms with Crippen LogP contribution in [-0.4, -0.2) is 21.3 Å². The van der Waals surface area contributed by atoms with Gasteiger partial charge in [0, 0.05) is 6.07 Å². The van der Waals surface area contributed by atoms with E-state index in [4.69, 9.17) is 15.1 Å². The number of hydrogen-bond donors (Lipinski definition) is 1. The first-order chi connectivity index (χ1) is 9.11. The lowest BCUT2D eigenvalue weighted by Crippen LogP contribution is -2.02. The van der Waals surface area contributed by atoms with Crippen LogP contribution in [0, 0.1) is 17.1 Å². The van der Waals surface area contributed by atoms with Gasteiger partial charge >= 0.3 is 5.97 Å². The molecule has 2 rings (SSSR count). The van der Waals surface area contributed by atoms with E-state index in [1.165, 1.54) is 12.3 Å². The first kappa shape index (κ1) is 12.4. The molecule has 2 aromatic rings. The quantitative estimate of drug-likeness (QED) is 0.905. The Hall–Kier alpha value is -3.01. The highest BCUT2D eigenvalue weighted by molar-refractivity contribution is 5.90. The number of hydrogen-bond acceptors (Lipinski definition) is 5. The molecule has 0 spiro atoms. The molecule has 1 aromatic carbocycles. The summed E-state index contributed by atoms with van der Waals surface area (Å²) in [5, 5.41) is 24.9. The Morgan fingerprint density at radius 1 is 1.42 bits per heavy atom. The molecular formula is C12H6FN3O3. The van der Waals surface area contributed by atoms with Crippen LogP contribution in [0.15, 0.2) is 30.5 Å². The van der Waals surface area contributed by atoms with Gasteiger partial charge in [0.05, 0.1) is 6.20 Å². The Balaban J connectivity index is 2.46. The fourth-order valence-corrected chi connectivity index (χ4v) is 1.34. The van der Waals surface area contributed by atoms with Gasteiger partial charge in [0.25, 0.3) is 5.88 Å². The molecule has 0 atom stereocenters. The predicted octanol–water partition coefficient (Wildman–Crippen LogP) is 1.98. The van der Waals surface area contributed by atoms with Gasteiger partial charge in [0.15, 0.2) is 0 Å². The molecular weight excluding hydrogens is 253 g/mol. The highest BCUT2D eigenvalue weighted by atomic mass is 19.1. The van der Waals surface area contributed by atoms with Crippen molar-refractivity contribution in [3.63, 3.8) is 0 Å². The average Bonchev–Trinajstić information content (AvgIpc) is 2.39. The van der Waals surface area contributed by atoms with Crippen molar-refractivity contribution in [1.29, 1.82) is 5.26 Å². The fourth-order valence-electron chi connectivity index (χ4n) is 1.34. The minimum absolute atomic E-state index is 0.0654. The van der Waals surface area contributed by atoms with E-state index in [-0.39, 0.29) is 22.8 Å². The summed E-state index contributed by atoms with van der Waals surface area (Å²) in [7, 11) is 0. The zero-order valence-corrected chi connectivity index (χ0v) is 9.37. The van der Waals surface area contributed by atoms with Crippen LogP contribution in [0.4, 0.5) is 4.39 Å². The van der Waals surface area contributed by atoms with Crippen molar-refractivity contribution >= 4 is 5.97 Å².